The molecule has 4 rings (SSSR count). The van der Waals surface area contributed by atoms with Crippen LogP contribution in [0.25, 0.3) is 11.0 Å². The fraction of sp³-hybridized carbons (Fsp3) is 0.0952. The van der Waals surface area contributed by atoms with Crippen LogP contribution in [0.4, 0.5) is 15.9 Å². The van der Waals surface area contributed by atoms with E-state index in [2.05, 4.69) is 4.98 Å². The first-order valence-corrected chi connectivity index (χ1v) is 10.2. The monoisotopic (exact) mass is 411 g/mol. The van der Waals surface area contributed by atoms with Gasteiger partial charge in [-0.15, -0.1) is 0 Å². The number of halogens is 1. The van der Waals surface area contributed by atoms with Crippen LogP contribution in [0, 0.1) is 5.82 Å². The van der Waals surface area contributed by atoms with Crippen molar-refractivity contribution >= 4 is 32.6 Å². The summed E-state index contributed by atoms with van der Waals surface area (Å²) in [5, 5.41) is 0.643. The third kappa shape index (κ3) is 3.21. The van der Waals surface area contributed by atoms with E-state index in [-0.39, 0.29) is 10.5 Å². The van der Waals surface area contributed by atoms with Gasteiger partial charge in [-0.25, -0.2) is 21.8 Å². The van der Waals surface area contributed by atoms with Gasteiger partial charge in [0.25, 0.3) is 10.0 Å². The maximum atomic E-state index is 13.9. The second kappa shape index (κ2) is 7.21. The SMILES string of the molecule is COc1ccc(F)cc1N(C)c1cc2cccnc2n1S(=O)(=O)c1ccccc1. The van der Waals surface area contributed by atoms with Crippen LogP contribution in [-0.4, -0.2) is 31.5 Å². The zero-order valence-electron chi connectivity index (χ0n) is 15.8. The molecule has 0 radical (unpaired) electrons. The van der Waals surface area contributed by atoms with Crippen LogP contribution in [0.2, 0.25) is 0 Å². The highest BCUT2D eigenvalue weighted by Crippen LogP contribution is 2.37. The summed E-state index contributed by atoms with van der Waals surface area (Å²) in [6.45, 7) is 0. The summed E-state index contributed by atoms with van der Waals surface area (Å²) >= 11 is 0. The van der Waals surface area contributed by atoms with Crippen molar-refractivity contribution in [2.24, 2.45) is 0 Å². The molecule has 4 aromatic rings. The van der Waals surface area contributed by atoms with Gasteiger partial charge >= 0.3 is 0 Å². The smallest absolute Gasteiger partial charge is 0.271 e. The first-order valence-electron chi connectivity index (χ1n) is 8.78. The van der Waals surface area contributed by atoms with Gasteiger partial charge in [-0.05, 0) is 42.5 Å². The zero-order chi connectivity index (χ0) is 20.6. The molecule has 8 heteroatoms. The number of pyridine rings is 1. The Hall–Kier alpha value is -3.39. The van der Waals surface area contributed by atoms with Crippen molar-refractivity contribution in [3.63, 3.8) is 0 Å². The predicted octanol–water partition coefficient (Wildman–Crippen LogP) is 4.19. The van der Waals surface area contributed by atoms with Gasteiger partial charge in [-0.3, -0.25) is 0 Å². The molecule has 0 aliphatic rings. The number of hydrogen-bond acceptors (Lipinski definition) is 5. The molecule has 0 spiro atoms. The molecule has 2 heterocycles. The second-order valence-electron chi connectivity index (χ2n) is 6.38. The highest BCUT2D eigenvalue weighted by molar-refractivity contribution is 7.90. The normalized spacial score (nSPS) is 11.6. The molecule has 0 saturated carbocycles. The summed E-state index contributed by atoms with van der Waals surface area (Å²) in [5.41, 5.74) is 0.674. The summed E-state index contributed by atoms with van der Waals surface area (Å²) < 4.78 is 47.4. The molecule has 0 saturated heterocycles. The maximum Gasteiger partial charge on any atom is 0.271 e. The number of benzene rings is 2. The van der Waals surface area contributed by atoms with Gasteiger partial charge in [0.1, 0.15) is 17.4 Å². The molecule has 0 aliphatic heterocycles. The van der Waals surface area contributed by atoms with E-state index in [9.17, 15) is 12.8 Å². The first-order chi connectivity index (χ1) is 13.9. The minimum absolute atomic E-state index is 0.129. The van der Waals surface area contributed by atoms with Crippen LogP contribution < -0.4 is 9.64 Å². The van der Waals surface area contributed by atoms with Crippen LogP contribution in [-0.2, 0) is 10.0 Å². The summed E-state index contributed by atoms with van der Waals surface area (Å²) in [7, 11) is -0.828. The standard InChI is InChI=1S/C21H18FN3O3S/c1-24(18-14-16(22)10-11-19(18)28-2)20-13-15-7-6-12-23-21(15)25(20)29(26,27)17-8-4-3-5-9-17/h3-14H,1-2H3. The number of hydrogen-bond donors (Lipinski definition) is 0. The molecule has 0 bridgehead atoms. The Labute approximate surface area is 167 Å². The topological polar surface area (TPSA) is 64.4 Å². The van der Waals surface area contributed by atoms with Gasteiger partial charge in [0.2, 0.25) is 0 Å². The molecular formula is C21H18FN3O3S. The minimum atomic E-state index is -3.96. The second-order valence-corrected chi connectivity index (χ2v) is 8.16. The summed E-state index contributed by atoms with van der Waals surface area (Å²) in [6, 6.07) is 17.4. The highest BCUT2D eigenvalue weighted by atomic mass is 32.2. The third-order valence-corrected chi connectivity index (χ3v) is 6.34. The molecule has 0 aliphatic carbocycles. The van der Waals surface area contributed by atoms with Crippen LogP contribution in [0.1, 0.15) is 0 Å². The number of nitrogens with zero attached hydrogens (tertiary/aromatic N) is 3. The van der Waals surface area contributed by atoms with Crippen molar-refractivity contribution in [1.82, 2.24) is 8.96 Å². The van der Waals surface area contributed by atoms with Gasteiger partial charge < -0.3 is 9.64 Å². The van der Waals surface area contributed by atoms with E-state index >= 15 is 0 Å². The lowest BCUT2D eigenvalue weighted by atomic mass is 10.2. The van der Waals surface area contributed by atoms with Crippen LogP contribution in [0.5, 0.6) is 5.75 Å². The quantitative estimate of drug-likeness (QED) is 0.493. The lowest BCUT2D eigenvalue weighted by molar-refractivity contribution is 0.414. The first kappa shape index (κ1) is 18.9. The molecule has 0 fully saturated rings. The Morgan fingerprint density at radius 3 is 2.52 bits per heavy atom. The van der Waals surface area contributed by atoms with E-state index in [0.29, 0.717) is 22.6 Å². The lowest BCUT2D eigenvalue weighted by Gasteiger charge is -2.23. The molecule has 29 heavy (non-hydrogen) atoms. The fourth-order valence-electron chi connectivity index (χ4n) is 3.21. The molecule has 0 unspecified atom stereocenters. The summed E-state index contributed by atoms with van der Waals surface area (Å²) in [5.74, 6) is 0.265. The van der Waals surface area contributed by atoms with E-state index in [4.69, 9.17) is 4.74 Å². The fourth-order valence-corrected chi connectivity index (χ4v) is 4.73. The Balaban J connectivity index is 2.00. The minimum Gasteiger partial charge on any atom is -0.495 e. The number of rotatable bonds is 5. The molecule has 2 aromatic heterocycles. The number of methoxy groups -OCH3 is 1. The van der Waals surface area contributed by atoms with Crippen molar-refractivity contribution in [1.29, 1.82) is 0 Å². The van der Waals surface area contributed by atoms with Gasteiger partial charge in [-0.1, -0.05) is 18.2 Å². The van der Waals surface area contributed by atoms with Crippen LogP contribution in [0.15, 0.2) is 77.8 Å². The highest BCUT2D eigenvalue weighted by Gasteiger charge is 2.27. The van der Waals surface area contributed by atoms with Crippen molar-refractivity contribution < 1.29 is 17.5 Å². The largest absolute Gasteiger partial charge is 0.495 e. The van der Waals surface area contributed by atoms with Crippen molar-refractivity contribution in [3.8, 4) is 5.75 Å². The van der Waals surface area contributed by atoms with E-state index in [1.54, 1.807) is 48.3 Å². The van der Waals surface area contributed by atoms with E-state index in [0.717, 1.165) is 0 Å². The van der Waals surface area contributed by atoms with Gasteiger partial charge in [0.15, 0.2) is 5.65 Å². The van der Waals surface area contributed by atoms with Gasteiger partial charge in [0.05, 0.1) is 17.7 Å². The number of anilines is 2. The maximum absolute atomic E-state index is 13.9. The molecule has 2 aromatic carbocycles. The Bertz CT molecular complexity index is 1290. The average Bonchev–Trinajstić information content (AvgIpc) is 3.14. The van der Waals surface area contributed by atoms with Gasteiger partial charge in [-0.2, -0.15) is 0 Å². The molecule has 6 nitrogen and oxygen atoms in total. The summed E-state index contributed by atoms with van der Waals surface area (Å²) in [6.07, 6.45) is 1.53. The molecular weight excluding hydrogens is 393 g/mol. The Kier molecular flexibility index (Phi) is 4.71. The molecule has 0 N–H and O–H groups in total. The summed E-state index contributed by atoms with van der Waals surface area (Å²) in [4.78, 5) is 5.98. The number of aromatic nitrogens is 2. The van der Waals surface area contributed by atoms with E-state index < -0.39 is 15.8 Å². The van der Waals surface area contributed by atoms with Crippen molar-refractivity contribution in [2.45, 2.75) is 4.90 Å². The molecule has 0 amide bonds. The van der Waals surface area contributed by atoms with Gasteiger partial charge in [0, 0.05) is 24.7 Å². The number of fused-ring (bicyclic) bond motifs is 1. The lowest BCUT2D eigenvalue weighted by Crippen LogP contribution is -2.21. The predicted molar refractivity (Wildman–Crippen MR) is 110 cm³/mol. The van der Waals surface area contributed by atoms with Crippen molar-refractivity contribution in [2.75, 3.05) is 19.1 Å². The molecule has 0 atom stereocenters. The number of ether oxygens (including phenoxy) is 1. The Morgan fingerprint density at radius 2 is 1.79 bits per heavy atom. The van der Waals surface area contributed by atoms with Crippen LogP contribution in [0.3, 0.4) is 0 Å². The Morgan fingerprint density at radius 1 is 1.03 bits per heavy atom. The van der Waals surface area contributed by atoms with E-state index in [1.165, 1.54) is 47.6 Å². The molecule has 148 valence electrons. The van der Waals surface area contributed by atoms with Crippen molar-refractivity contribution in [3.05, 3.63) is 78.7 Å². The van der Waals surface area contributed by atoms with E-state index in [1.807, 2.05) is 0 Å². The zero-order valence-corrected chi connectivity index (χ0v) is 16.6. The third-order valence-electron chi connectivity index (χ3n) is 4.63. The van der Waals surface area contributed by atoms with Crippen LogP contribution >= 0.6 is 0 Å². The average molecular weight is 411 g/mol.